The average Bonchev–Trinajstić information content (AvgIpc) is 3.01. The van der Waals surface area contributed by atoms with E-state index in [0.717, 1.165) is 31.2 Å². The maximum Gasteiger partial charge on any atom is 0.242 e. The lowest BCUT2D eigenvalue weighted by Gasteiger charge is -2.23. The second-order valence-corrected chi connectivity index (χ2v) is 6.78. The van der Waals surface area contributed by atoms with E-state index in [0.29, 0.717) is 23.0 Å². The van der Waals surface area contributed by atoms with Crippen molar-refractivity contribution in [1.29, 1.82) is 0 Å². The highest BCUT2D eigenvalue weighted by Gasteiger charge is 2.31. The monoisotopic (exact) mass is 356 g/mol. The minimum atomic E-state index is -0.447. The van der Waals surface area contributed by atoms with Crippen molar-refractivity contribution in [1.82, 2.24) is 10.6 Å². The number of amides is 2. The minimum Gasteiger partial charge on any atom is -0.354 e. The van der Waals surface area contributed by atoms with Gasteiger partial charge in [0.05, 0.1) is 0 Å². The first-order chi connectivity index (χ1) is 11.0. The molecule has 1 aliphatic rings. The molecule has 2 amide bonds. The number of hydrogen-bond acceptors (Lipinski definition) is 2. The number of carbonyl (C=O) groups is 2. The van der Waals surface area contributed by atoms with Crippen molar-refractivity contribution in [3.63, 3.8) is 0 Å². The van der Waals surface area contributed by atoms with Crippen LogP contribution in [0.4, 0.5) is 0 Å². The summed E-state index contributed by atoms with van der Waals surface area (Å²) in [6.45, 7) is 1.88. The van der Waals surface area contributed by atoms with Gasteiger partial charge in [-0.2, -0.15) is 0 Å². The van der Waals surface area contributed by atoms with Gasteiger partial charge in [-0.1, -0.05) is 42.1 Å². The summed E-state index contributed by atoms with van der Waals surface area (Å²) in [4.78, 5) is 23.8. The Morgan fingerprint density at radius 1 is 1.22 bits per heavy atom. The molecular formula is C17H22Cl2N2O2. The molecule has 0 bridgehead atoms. The zero-order chi connectivity index (χ0) is 16.8. The van der Waals surface area contributed by atoms with Crippen LogP contribution < -0.4 is 10.6 Å². The Kier molecular flexibility index (Phi) is 6.72. The van der Waals surface area contributed by atoms with Crippen LogP contribution in [0.3, 0.4) is 0 Å². The third-order valence-electron chi connectivity index (χ3n) is 4.25. The van der Waals surface area contributed by atoms with E-state index in [9.17, 15) is 9.59 Å². The molecule has 126 valence electrons. The van der Waals surface area contributed by atoms with Gasteiger partial charge in [0.15, 0.2) is 0 Å². The van der Waals surface area contributed by atoms with E-state index in [1.165, 1.54) is 6.92 Å². The Morgan fingerprint density at radius 3 is 2.39 bits per heavy atom. The SMILES string of the molecule is CC(=O)NC(C(=O)NCCc1c(Cl)cccc1Cl)C1CCCC1. The van der Waals surface area contributed by atoms with Crippen molar-refractivity contribution in [2.45, 2.75) is 45.1 Å². The van der Waals surface area contributed by atoms with Crippen LogP contribution in [0.15, 0.2) is 18.2 Å². The first kappa shape index (κ1) is 18.1. The fourth-order valence-electron chi connectivity index (χ4n) is 3.10. The molecule has 1 atom stereocenters. The van der Waals surface area contributed by atoms with Gasteiger partial charge >= 0.3 is 0 Å². The third-order valence-corrected chi connectivity index (χ3v) is 4.96. The molecule has 1 saturated carbocycles. The minimum absolute atomic E-state index is 0.129. The first-order valence-corrected chi connectivity index (χ1v) is 8.72. The van der Waals surface area contributed by atoms with E-state index in [-0.39, 0.29) is 17.7 Å². The lowest BCUT2D eigenvalue weighted by atomic mass is 9.97. The Morgan fingerprint density at radius 2 is 1.83 bits per heavy atom. The first-order valence-electron chi connectivity index (χ1n) is 7.96. The van der Waals surface area contributed by atoms with Crippen LogP contribution >= 0.6 is 23.2 Å². The summed E-state index contributed by atoms with van der Waals surface area (Å²) in [5, 5.41) is 6.88. The number of nitrogens with one attached hydrogen (secondary N) is 2. The summed E-state index contributed by atoms with van der Waals surface area (Å²) in [5.74, 6) is -0.0794. The van der Waals surface area contributed by atoms with E-state index in [2.05, 4.69) is 10.6 Å². The smallest absolute Gasteiger partial charge is 0.242 e. The lowest BCUT2D eigenvalue weighted by molar-refractivity contribution is -0.129. The van der Waals surface area contributed by atoms with Crippen molar-refractivity contribution < 1.29 is 9.59 Å². The van der Waals surface area contributed by atoms with Crippen LogP contribution in [-0.4, -0.2) is 24.4 Å². The van der Waals surface area contributed by atoms with Gasteiger partial charge in [-0.3, -0.25) is 9.59 Å². The summed E-state index contributed by atoms with van der Waals surface area (Å²) in [7, 11) is 0. The zero-order valence-corrected chi connectivity index (χ0v) is 14.7. The average molecular weight is 357 g/mol. The molecule has 23 heavy (non-hydrogen) atoms. The van der Waals surface area contributed by atoms with Gasteiger partial charge in [0.1, 0.15) is 6.04 Å². The second kappa shape index (κ2) is 8.55. The topological polar surface area (TPSA) is 58.2 Å². The predicted octanol–water partition coefficient (Wildman–Crippen LogP) is 3.35. The van der Waals surface area contributed by atoms with Gasteiger partial charge in [0, 0.05) is 23.5 Å². The number of rotatable bonds is 6. The van der Waals surface area contributed by atoms with E-state index in [4.69, 9.17) is 23.2 Å². The van der Waals surface area contributed by atoms with Crippen LogP contribution in [0.25, 0.3) is 0 Å². The Labute approximate surface area is 146 Å². The number of carbonyl (C=O) groups excluding carboxylic acids is 2. The molecule has 1 aromatic rings. The second-order valence-electron chi connectivity index (χ2n) is 5.96. The van der Waals surface area contributed by atoms with Gasteiger partial charge in [0.2, 0.25) is 11.8 Å². The number of benzene rings is 1. The molecule has 2 rings (SSSR count). The summed E-state index contributed by atoms with van der Waals surface area (Å²) in [6, 6.07) is 4.91. The molecule has 6 heteroatoms. The van der Waals surface area contributed by atoms with Gasteiger partial charge in [0.25, 0.3) is 0 Å². The van der Waals surface area contributed by atoms with E-state index < -0.39 is 6.04 Å². The Bertz CT molecular complexity index is 551. The van der Waals surface area contributed by atoms with Gasteiger partial charge in [-0.25, -0.2) is 0 Å². The normalized spacial score (nSPS) is 16.1. The van der Waals surface area contributed by atoms with Crippen molar-refractivity contribution >= 4 is 35.0 Å². The molecule has 0 spiro atoms. The highest BCUT2D eigenvalue weighted by Crippen LogP contribution is 2.28. The molecule has 0 aromatic heterocycles. The van der Waals surface area contributed by atoms with Crippen molar-refractivity contribution in [3.05, 3.63) is 33.8 Å². The molecule has 4 nitrogen and oxygen atoms in total. The van der Waals surface area contributed by atoms with Crippen LogP contribution in [0.1, 0.15) is 38.2 Å². The molecule has 2 N–H and O–H groups in total. The van der Waals surface area contributed by atoms with E-state index >= 15 is 0 Å². The zero-order valence-electron chi connectivity index (χ0n) is 13.2. The van der Waals surface area contributed by atoms with Crippen LogP contribution in [0.2, 0.25) is 10.0 Å². The third kappa shape index (κ3) is 5.11. The Balaban J connectivity index is 1.92. The molecule has 1 aromatic carbocycles. The van der Waals surface area contributed by atoms with Crippen LogP contribution in [-0.2, 0) is 16.0 Å². The lowest BCUT2D eigenvalue weighted by Crippen LogP contribution is -2.50. The maximum absolute atomic E-state index is 12.4. The molecule has 0 radical (unpaired) electrons. The summed E-state index contributed by atoms with van der Waals surface area (Å²) in [6.07, 6.45) is 4.75. The van der Waals surface area contributed by atoms with Gasteiger partial charge in [-0.15, -0.1) is 0 Å². The standard InChI is InChI=1S/C17H22Cl2N2O2/c1-11(22)21-16(12-5-2-3-6-12)17(23)20-10-9-13-14(18)7-4-8-15(13)19/h4,7-8,12,16H,2-3,5-6,9-10H2,1H3,(H,20,23)(H,21,22). The molecule has 1 unspecified atom stereocenters. The number of hydrogen-bond donors (Lipinski definition) is 2. The largest absolute Gasteiger partial charge is 0.354 e. The van der Waals surface area contributed by atoms with Crippen LogP contribution in [0, 0.1) is 5.92 Å². The quantitative estimate of drug-likeness (QED) is 0.820. The van der Waals surface area contributed by atoms with Crippen LogP contribution in [0.5, 0.6) is 0 Å². The summed E-state index contributed by atoms with van der Waals surface area (Å²) in [5.41, 5.74) is 0.827. The number of halogens is 2. The molecule has 1 aliphatic carbocycles. The molecular weight excluding hydrogens is 335 g/mol. The van der Waals surface area contributed by atoms with Crippen molar-refractivity contribution in [3.8, 4) is 0 Å². The van der Waals surface area contributed by atoms with Gasteiger partial charge in [-0.05, 0) is 42.9 Å². The fraction of sp³-hybridized carbons (Fsp3) is 0.529. The van der Waals surface area contributed by atoms with E-state index in [1.54, 1.807) is 18.2 Å². The molecule has 0 saturated heterocycles. The van der Waals surface area contributed by atoms with E-state index in [1.807, 2.05) is 0 Å². The summed E-state index contributed by atoms with van der Waals surface area (Å²) >= 11 is 12.3. The predicted molar refractivity (Wildman–Crippen MR) is 92.7 cm³/mol. The maximum atomic E-state index is 12.4. The highest BCUT2D eigenvalue weighted by atomic mass is 35.5. The summed E-state index contributed by atoms with van der Waals surface area (Å²) < 4.78 is 0. The molecule has 0 heterocycles. The highest BCUT2D eigenvalue weighted by molar-refractivity contribution is 6.36. The fourth-order valence-corrected chi connectivity index (χ4v) is 3.69. The molecule has 0 aliphatic heterocycles. The van der Waals surface area contributed by atoms with Gasteiger partial charge < -0.3 is 10.6 Å². The van der Waals surface area contributed by atoms with Crippen molar-refractivity contribution in [2.75, 3.05) is 6.54 Å². The Hall–Kier alpha value is -1.26. The van der Waals surface area contributed by atoms with Crippen molar-refractivity contribution in [2.24, 2.45) is 5.92 Å². The molecule has 1 fully saturated rings.